The molecule has 2 aromatic heterocycles. The fourth-order valence-electron chi connectivity index (χ4n) is 2.71. The topological polar surface area (TPSA) is 70.7 Å². The predicted octanol–water partition coefficient (Wildman–Crippen LogP) is 3.11. The highest BCUT2D eigenvalue weighted by atomic mass is 16.1. The number of anilines is 1. The number of hydrogen-bond donors (Lipinski definition) is 1. The maximum atomic E-state index is 12.8. The Morgan fingerprint density at radius 3 is 2.70 bits per heavy atom. The Labute approximate surface area is 133 Å². The normalized spacial score (nSPS) is 10.5. The van der Waals surface area contributed by atoms with Crippen molar-refractivity contribution < 1.29 is 0 Å². The van der Waals surface area contributed by atoms with E-state index in [2.05, 4.69) is 10.3 Å². The third kappa shape index (κ3) is 2.55. The summed E-state index contributed by atoms with van der Waals surface area (Å²) in [5.74, 6) is 0. The van der Waals surface area contributed by atoms with Crippen molar-refractivity contribution >= 4 is 16.6 Å². The van der Waals surface area contributed by atoms with E-state index in [-0.39, 0.29) is 5.56 Å². The maximum Gasteiger partial charge on any atom is 0.258 e. The Kier molecular flexibility index (Phi) is 3.59. The minimum absolute atomic E-state index is 0.0692. The fourth-order valence-corrected chi connectivity index (χ4v) is 2.71. The van der Waals surface area contributed by atoms with Crippen LogP contribution in [0.5, 0.6) is 0 Å². The van der Waals surface area contributed by atoms with Crippen molar-refractivity contribution in [2.45, 2.75) is 13.8 Å². The lowest BCUT2D eigenvalue weighted by Crippen LogP contribution is -2.19. The first-order valence-electron chi connectivity index (χ1n) is 7.24. The van der Waals surface area contributed by atoms with E-state index in [4.69, 9.17) is 5.26 Å². The summed E-state index contributed by atoms with van der Waals surface area (Å²) in [6.45, 7) is 3.85. The lowest BCUT2D eigenvalue weighted by molar-refractivity contribution is 0.905. The molecule has 114 valence electrons. The Morgan fingerprint density at radius 2 is 1.96 bits per heavy atom. The van der Waals surface area contributed by atoms with Crippen molar-refractivity contribution in [3.8, 4) is 17.3 Å². The molecular formula is C18H16N4O. The minimum Gasteiger partial charge on any atom is -0.311 e. The van der Waals surface area contributed by atoms with Crippen molar-refractivity contribution in [3.63, 3.8) is 0 Å². The van der Waals surface area contributed by atoms with Crippen LogP contribution in [0.4, 0.5) is 5.69 Å². The molecule has 0 aliphatic heterocycles. The Bertz CT molecular complexity index is 1010. The molecule has 0 bridgehead atoms. The van der Waals surface area contributed by atoms with Gasteiger partial charge in [-0.1, -0.05) is 6.07 Å². The van der Waals surface area contributed by atoms with Gasteiger partial charge in [0.05, 0.1) is 5.52 Å². The van der Waals surface area contributed by atoms with Crippen molar-refractivity contribution in [1.29, 1.82) is 5.26 Å². The van der Waals surface area contributed by atoms with Crippen LogP contribution in [0, 0.1) is 25.3 Å². The van der Waals surface area contributed by atoms with E-state index in [1.54, 1.807) is 17.8 Å². The molecule has 0 saturated heterocycles. The third-order valence-corrected chi connectivity index (χ3v) is 3.97. The van der Waals surface area contributed by atoms with Gasteiger partial charge in [0, 0.05) is 35.6 Å². The zero-order valence-electron chi connectivity index (χ0n) is 13.2. The summed E-state index contributed by atoms with van der Waals surface area (Å²) < 4.78 is 1.64. The molecule has 1 aromatic carbocycles. The lowest BCUT2D eigenvalue weighted by Gasteiger charge is -2.12. The van der Waals surface area contributed by atoms with Crippen molar-refractivity contribution in [3.05, 3.63) is 58.1 Å². The van der Waals surface area contributed by atoms with Crippen LogP contribution in [-0.2, 0) is 7.05 Å². The van der Waals surface area contributed by atoms with Gasteiger partial charge in [-0.05, 0) is 49.2 Å². The van der Waals surface area contributed by atoms with Gasteiger partial charge in [0.1, 0.15) is 0 Å². The molecule has 5 heteroatoms. The number of hydrogen-bond acceptors (Lipinski definition) is 4. The molecule has 0 unspecified atom stereocenters. The van der Waals surface area contributed by atoms with Gasteiger partial charge in [0.2, 0.25) is 0 Å². The van der Waals surface area contributed by atoms with E-state index in [9.17, 15) is 4.79 Å². The van der Waals surface area contributed by atoms with Crippen molar-refractivity contribution in [1.82, 2.24) is 9.55 Å². The minimum atomic E-state index is -0.0692. The molecule has 2 heterocycles. The van der Waals surface area contributed by atoms with Crippen LogP contribution in [0.15, 0.2) is 41.3 Å². The van der Waals surface area contributed by atoms with E-state index >= 15 is 0 Å². The fraction of sp³-hybridized carbons (Fsp3) is 0.167. The van der Waals surface area contributed by atoms with Gasteiger partial charge < -0.3 is 4.57 Å². The van der Waals surface area contributed by atoms with Gasteiger partial charge in [-0.3, -0.25) is 15.1 Å². The average Bonchev–Trinajstić information content (AvgIpc) is 2.54. The number of fused-ring (bicyclic) bond motifs is 1. The Balaban J connectivity index is 2.31. The summed E-state index contributed by atoms with van der Waals surface area (Å²) in [5, 5.41) is 12.3. The van der Waals surface area contributed by atoms with Gasteiger partial charge in [0.15, 0.2) is 6.19 Å². The smallest absolute Gasteiger partial charge is 0.258 e. The van der Waals surface area contributed by atoms with Crippen LogP contribution in [0.1, 0.15) is 11.3 Å². The zero-order valence-corrected chi connectivity index (χ0v) is 13.2. The number of nitrogens with one attached hydrogen (secondary N) is 1. The molecule has 3 rings (SSSR count). The highest BCUT2D eigenvalue weighted by Gasteiger charge is 2.12. The van der Waals surface area contributed by atoms with E-state index in [0.717, 1.165) is 27.7 Å². The molecule has 0 aliphatic rings. The first-order valence-corrected chi connectivity index (χ1v) is 7.24. The van der Waals surface area contributed by atoms with Gasteiger partial charge in [-0.15, -0.1) is 0 Å². The van der Waals surface area contributed by atoms with Gasteiger partial charge >= 0.3 is 0 Å². The molecule has 23 heavy (non-hydrogen) atoms. The molecular weight excluding hydrogens is 288 g/mol. The number of rotatable bonds is 2. The van der Waals surface area contributed by atoms with E-state index in [1.165, 1.54) is 0 Å². The van der Waals surface area contributed by atoms with E-state index in [1.807, 2.05) is 50.4 Å². The highest BCUT2D eigenvalue weighted by Crippen LogP contribution is 2.26. The SMILES string of the molecule is Cc1cc2c(cn1)cc(-c1cc(NC#N)ccc1C)c(=O)n2C. The van der Waals surface area contributed by atoms with Gasteiger partial charge in [0.25, 0.3) is 5.56 Å². The molecule has 0 atom stereocenters. The van der Waals surface area contributed by atoms with E-state index in [0.29, 0.717) is 11.3 Å². The lowest BCUT2D eigenvalue weighted by atomic mass is 9.99. The third-order valence-electron chi connectivity index (χ3n) is 3.97. The molecule has 0 aliphatic carbocycles. The molecule has 0 amide bonds. The Morgan fingerprint density at radius 1 is 1.17 bits per heavy atom. The molecule has 3 aromatic rings. The maximum absolute atomic E-state index is 12.8. The second-order valence-corrected chi connectivity index (χ2v) is 5.57. The number of aryl methyl sites for hydroxylation is 3. The molecule has 0 fully saturated rings. The summed E-state index contributed by atoms with van der Waals surface area (Å²) >= 11 is 0. The summed E-state index contributed by atoms with van der Waals surface area (Å²) in [7, 11) is 1.76. The van der Waals surface area contributed by atoms with Crippen LogP contribution in [-0.4, -0.2) is 9.55 Å². The van der Waals surface area contributed by atoms with Crippen molar-refractivity contribution in [2.24, 2.45) is 7.05 Å². The van der Waals surface area contributed by atoms with Crippen LogP contribution in [0.3, 0.4) is 0 Å². The number of aromatic nitrogens is 2. The standard InChI is InChI=1S/C18H16N4O/c1-11-4-5-14(21-10-19)8-15(11)16-7-13-9-20-12(2)6-17(13)22(3)18(16)23/h4-9,21H,1-3H3. The number of benzene rings is 1. The average molecular weight is 304 g/mol. The van der Waals surface area contributed by atoms with Crippen LogP contribution in [0.2, 0.25) is 0 Å². The van der Waals surface area contributed by atoms with Crippen LogP contribution < -0.4 is 10.9 Å². The number of pyridine rings is 2. The Hall–Kier alpha value is -3.13. The largest absolute Gasteiger partial charge is 0.311 e. The summed E-state index contributed by atoms with van der Waals surface area (Å²) in [6, 6.07) is 9.30. The predicted molar refractivity (Wildman–Crippen MR) is 91.1 cm³/mol. The summed E-state index contributed by atoms with van der Waals surface area (Å²) in [6.07, 6.45) is 3.68. The second kappa shape index (κ2) is 5.58. The number of nitrogens with zero attached hydrogens (tertiary/aromatic N) is 3. The van der Waals surface area contributed by atoms with Crippen LogP contribution in [0.25, 0.3) is 22.0 Å². The molecule has 0 radical (unpaired) electrons. The first-order chi connectivity index (χ1) is 11.0. The highest BCUT2D eigenvalue weighted by molar-refractivity contribution is 5.85. The summed E-state index contributed by atoms with van der Waals surface area (Å²) in [5.41, 5.74) is 4.72. The summed E-state index contributed by atoms with van der Waals surface area (Å²) in [4.78, 5) is 17.1. The monoisotopic (exact) mass is 304 g/mol. The van der Waals surface area contributed by atoms with Gasteiger partial charge in [-0.2, -0.15) is 5.26 Å². The van der Waals surface area contributed by atoms with Crippen LogP contribution >= 0.6 is 0 Å². The number of nitriles is 1. The van der Waals surface area contributed by atoms with Gasteiger partial charge in [-0.25, -0.2) is 0 Å². The first kappa shape index (κ1) is 14.8. The molecule has 5 nitrogen and oxygen atoms in total. The van der Waals surface area contributed by atoms with Crippen molar-refractivity contribution in [2.75, 3.05) is 5.32 Å². The zero-order chi connectivity index (χ0) is 16.6. The molecule has 1 N–H and O–H groups in total. The molecule has 0 saturated carbocycles. The second-order valence-electron chi connectivity index (χ2n) is 5.57. The molecule has 0 spiro atoms. The van der Waals surface area contributed by atoms with E-state index < -0.39 is 0 Å². The quantitative estimate of drug-likeness (QED) is 0.583.